The van der Waals surface area contributed by atoms with Crippen molar-refractivity contribution in [1.29, 1.82) is 0 Å². The van der Waals surface area contributed by atoms with E-state index in [9.17, 15) is 0 Å². The smallest absolute Gasteiger partial charge is 0.235 e. The Hall–Kier alpha value is -3.97. The fraction of sp³-hybridized carbons (Fsp3) is 0. The largest absolute Gasteiger partial charge is 0.332 e. The molecule has 5 rings (SSSR count). The predicted octanol–water partition coefficient (Wildman–Crippen LogP) is 6.50. The van der Waals surface area contributed by atoms with E-state index in [0.29, 0.717) is 15.3 Å². The van der Waals surface area contributed by atoms with E-state index in [-0.39, 0.29) is 23.0 Å². The molecule has 5 N–H and O–H groups in total. The van der Waals surface area contributed by atoms with Crippen molar-refractivity contribution in [3.8, 4) is 0 Å². The van der Waals surface area contributed by atoms with Crippen LogP contribution in [0.25, 0.3) is 10.2 Å². The molecule has 0 aliphatic heterocycles. The van der Waals surface area contributed by atoms with Crippen LogP contribution < -0.4 is 26.6 Å². The van der Waals surface area contributed by atoms with Crippen LogP contribution in [0.1, 0.15) is 0 Å². The summed E-state index contributed by atoms with van der Waals surface area (Å²) in [6.07, 6.45) is 0. The number of aromatic nitrogens is 4. The van der Waals surface area contributed by atoms with Crippen LogP contribution in [0.5, 0.6) is 0 Å². The van der Waals surface area contributed by atoms with Crippen LogP contribution in [-0.2, 0) is 0 Å². The van der Waals surface area contributed by atoms with Crippen molar-refractivity contribution in [2.24, 2.45) is 0 Å². The zero-order valence-corrected chi connectivity index (χ0v) is 22.1. The molecule has 0 spiro atoms. The van der Waals surface area contributed by atoms with E-state index in [1.165, 1.54) is 11.3 Å². The Kier molecular flexibility index (Phi) is 7.61. The normalized spacial score (nSPS) is 10.5. The quantitative estimate of drug-likeness (QED) is 0.146. The highest BCUT2D eigenvalue weighted by molar-refractivity contribution is 7.81. The van der Waals surface area contributed by atoms with Gasteiger partial charge in [-0.25, -0.2) is 4.98 Å². The summed E-state index contributed by atoms with van der Waals surface area (Å²) in [5.74, 6) is 0.676. The third-order valence-corrected chi connectivity index (χ3v) is 6.34. The van der Waals surface area contributed by atoms with Crippen molar-refractivity contribution in [2.75, 3.05) is 26.6 Å². The Morgan fingerprint density at radius 1 is 0.622 bits per heavy atom. The van der Waals surface area contributed by atoms with Gasteiger partial charge < -0.3 is 21.3 Å². The van der Waals surface area contributed by atoms with Gasteiger partial charge in [-0.2, -0.15) is 15.0 Å². The number of halogens is 1. The van der Waals surface area contributed by atoms with Gasteiger partial charge in [-0.3, -0.25) is 5.32 Å². The Bertz CT molecular complexity index is 1530. The number of benzene rings is 3. The van der Waals surface area contributed by atoms with Crippen molar-refractivity contribution >= 4 is 102 Å². The highest BCUT2D eigenvalue weighted by Gasteiger charge is 2.12. The molecule has 0 bridgehead atoms. The summed E-state index contributed by atoms with van der Waals surface area (Å²) in [5, 5.41) is 17.2. The van der Waals surface area contributed by atoms with Crippen molar-refractivity contribution in [3.05, 3.63) is 83.9 Å². The molecule has 0 unspecified atom stereocenters. The van der Waals surface area contributed by atoms with E-state index in [0.717, 1.165) is 21.6 Å². The maximum absolute atomic E-state index is 5.96. The van der Waals surface area contributed by atoms with Gasteiger partial charge in [0.05, 0.1) is 10.2 Å². The molecule has 0 atom stereocenters. The molecule has 2 heterocycles. The summed E-state index contributed by atoms with van der Waals surface area (Å²) in [7, 11) is 0. The Morgan fingerprint density at radius 2 is 1.19 bits per heavy atom. The molecule has 2 aromatic heterocycles. The molecule has 37 heavy (non-hydrogen) atoms. The van der Waals surface area contributed by atoms with Crippen LogP contribution >= 0.6 is 47.4 Å². The van der Waals surface area contributed by atoms with E-state index in [1.807, 2.05) is 66.7 Å². The molecular formula is C24H18ClN9S3. The molecule has 0 amide bonds. The number of nitrogens with one attached hydrogen (secondary N) is 5. The van der Waals surface area contributed by atoms with E-state index < -0.39 is 0 Å². The number of anilines is 6. The standard InChI is InChI=1S/C24H18ClN9S3/c25-14-10-12-16(13-11-14)27-23(36)33-20-29-19(32-22(35)26-15-6-2-1-3-7-15)30-21(31-20)34-24-28-17-8-4-5-9-18(17)37-24/h1-13H,(H5,26,27,28,29,30,31,32,33,34,35,36). The lowest BCUT2D eigenvalue weighted by atomic mass is 10.3. The summed E-state index contributed by atoms with van der Waals surface area (Å²) >= 11 is 18.3. The van der Waals surface area contributed by atoms with E-state index in [4.69, 9.17) is 36.0 Å². The Balaban J connectivity index is 1.37. The van der Waals surface area contributed by atoms with Gasteiger partial charge in [-0.05, 0) is 73.0 Å². The second kappa shape index (κ2) is 11.4. The van der Waals surface area contributed by atoms with Crippen LogP contribution in [0.3, 0.4) is 0 Å². The molecule has 0 radical (unpaired) electrons. The van der Waals surface area contributed by atoms with E-state index in [1.54, 1.807) is 12.1 Å². The lowest BCUT2D eigenvalue weighted by Gasteiger charge is -2.13. The summed E-state index contributed by atoms with van der Waals surface area (Å²) < 4.78 is 1.04. The third kappa shape index (κ3) is 6.83. The summed E-state index contributed by atoms with van der Waals surface area (Å²) in [5.41, 5.74) is 2.46. The molecule has 0 aliphatic rings. The van der Waals surface area contributed by atoms with Crippen LogP contribution in [0, 0.1) is 0 Å². The lowest BCUT2D eigenvalue weighted by Crippen LogP contribution is -2.24. The first-order valence-electron chi connectivity index (χ1n) is 10.9. The second-order valence-electron chi connectivity index (χ2n) is 7.45. The van der Waals surface area contributed by atoms with Gasteiger partial charge in [-0.1, -0.05) is 53.3 Å². The molecule has 5 aromatic rings. The second-order valence-corrected chi connectivity index (χ2v) is 9.73. The molecule has 184 valence electrons. The van der Waals surface area contributed by atoms with Gasteiger partial charge in [0.25, 0.3) is 0 Å². The minimum Gasteiger partial charge on any atom is -0.332 e. The fourth-order valence-corrected chi connectivity index (χ4v) is 4.55. The predicted molar refractivity (Wildman–Crippen MR) is 160 cm³/mol. The average Bonchev–Trinajstić information content (AvgIpc) is 3.28. The van der Waals surface area contributed by atoms with Crippen LogP contribution in [-0.4, -0.2) is 30.2 Å². The minimum absolute atomic E-state index is 0.204. The zero-order valence-electron chi connectivity index (χ0n) is 18.9. The first-order chi connectivity index (χ1) is 18.0. The third-order valence-electron chi connectivity index (χ3n) is 4.73. The number of hydrogen-bond donors (Lipinski definition) is 5. The van der Waals surface area contributed by atoms with Crippen LogP contribution in [0.4, 0.5) is 34.4 Å². The Labute approximate surface area is 231 Å². The zero-order chi connectivity index (χ0) is 25.6. The summed E-state index contributed by atoms with van der Waals surface area (Å²) in [6, 6.07) is 24.5. The number of para-hydroxylation sites is 2. The van der Waals surface area contributed by atoms with Gasteiger partial charge in [0.1, 0.15) is 0 Å². The highest BCUT2D eigenvalue weighted by atomic mass is 35.5. The Morgan fingerprint density at radius 3 is 1.84 bits per heavy atom. The van der Waals surface area contributed by atoms with Gasteiger partial charge in [-0.15, -0.1) is 0 Å². The van der Waals surface area contributed by atoms with Crippen molar-refractivity contribution < 1.29 is 0 Å². The lowest BCUT2D eigenvalue weighted by molar-refractivity contribution is 1.07. The topological polar surface area (TPSA) is 112 Å². The first kappa shape index (κ1) is 24.7. The molecule has 0 aliphatic carbocycles. The highest BCUT2D eigenvalue weighted by Crippen LogP contribution is 2.27. The first-order valence-corrected chi connectivity index (χ1v) is 12.9. The van der Waals surface area contributed by atoms with E-state index >= 15 is 0 Å². The molecule has 0 saturated carbocycles. The van der Waals surface area contributed by atoms with E-state index in [2.05, 4.69) is 46.5 Å². The molecule has 0 fully saturated rings. The number of fused-ring (bicyclic) bond motifs is 1. The van der Waals surface area contributed by atoms with Gasteiger partial charge in [0.2, 0.25) is 17.8 Å². The summed E-state index contributed by atoms with van der Waals surface area (Å²) in [4.78, 5) is 17.9. The number of thiocarbonyl (C=S) groups is 2. The minimum atomic E-state index is 0.204. The summed E-state index contributed by atoms with van der Waals surface area (Å²) in [6.45, 7) is 0. The molecule has 0 saturated heterocycles. The number of rotatable bonds is 6. The van der Waals surface area contributed by atoms with Crippen molar-refractivity contribution in [2.45, 2.75) is 0 Å². The van der Waals surface area contributed by atoms with Crippen LogP contribution in [0.2, 0.25) is 5.02 Å². The van der Waals surface area contributed by atoms with Gasteiger partial charge in [0.15, 0.2) is 15.4 Å². The molecule has 13 heteroatoms. The monoisotopic (exact) mass is 563 g/mol. The number of thiazole rings is 1. The number of nitrogens with zero attached hydrogens (tertiary/aromatic N) is 4. The molecule has 3 aromatic carbocycles. The maximum Gasteiger partial charge on any atom is 0.235 e. The van der Waals surface area contributed by atoms with Gasteiger partial charge >= 0.3 is 0 Å². The van der Waals surface area contributed by atoms with Gasteiger partial charge in [0, 0.05) is 16.4 Å². The molecule has 9 nitrogen and oxygen atoms in total. The maximum atomic E-state index is 5.96. The van der Waals surface area contributed by atoms with Crippen molar-refractivity contribution in [3.63, 3.8) is 0 Å². The SMILES string of the molecule is S=C(Nc1ccccc1)Nc1nc(NC(=S)Nc2ccc(Cl)cc2)nc(Nc2nc3ccccc3s2)n1. The van der Waals surface area contributed by atoms with Crippen molar-refractivity contribution in [1.82, 2.24) is 19.9 Å². The average molecular weight is 564 g/mol. The van der Waals surface area contributed by atoms with Crippen LogP contribution in [0.15, 0.2) is 78.9 Å². The fourth-order valence-electron chi connectivity index (χ4n) is 3.15. The molecular weight excluding hydrogens is 546 g/mol. The number of hydrogen-bond acceptors (Lipinski definition) is 8.